The van der Waals surface area contributed by atoms with Gasteiger partial charge in [0.25, 0.3) is 0 Å². The summed E-state index contributed by atoms with van der Waals surface area (Å²) in [5, 5.41) is 7.21. The van der Waals surface area contributed by atoms with E-state index in [2.05, 4.69) is 33.7 Å². The number of aromatic nitrogens is 3. The Labute approximate surface area is 164 Å². The highest BCUT2D eigenvalue weighted by Crippen LogP contribution is 2.39. The first-order chi connectivity index (χ1) is 13.2. The lowest BCUT2D eigenvalue weighted by molar-refractivity contribution is 0.229. The molecular formula is C20H18N4OS2. The van der Waals surface area contributed by atoms with Crippen molar-refractivity contribution in [1.82, 2.24) is 15.1 Å². The molecule has 0 aliphatic heterocycles. The van der Waals surface area contributed by atoms with Gasteiger partial charge in [-0.2, -0.15) is 4.98 Å². The first-order valence-corrected chi connectivity index (χ1v) is 10.6. The van der Waals surface area contributed by atoms with Crippen LogP contribution in [0.2, 0.25) is 0 Å². The third kappa shape index (κ3) is 3.12. The average Bonchev–Trinajstić information content (AvgIpc) is 3.41. The molecule has 5 rings (SSSR count). The summed E-state index contributed by atoms with van der Waals surface area (Å²) < 4.78 is 5.52. The van der Waals surface area contributed by atoms with Crippen molar-refractivity contribution >= 4 is 22.7 Å². The van der Waals surface area contributed by atoms with E-state index in [0.29, 0.717) is 18.1 Å². The van der Waals surface area contributed by atoms with E-state index in [1.165, 1.54) is 0 Å². The van der Waals surface area contributed by atoms with Crippen LogP contribution in [-0.4, -0.2) is 15.1 Å². The lowest BCUT2D eigenvalue weighted by Crippen LogP contribution is -2.44. The number of thiophene rings is 1. The van der Waals surface area contributed by atoms with E-state index in [0.717, 1.165) is 45.3 Å². The summed E-state index contributed by atoms with van der Waals surface area (Å²) in [7, 11) is 0. The molecule has 0 atom stereocenters. The van der Waals surface area contributed by atoms with Crippen molar-refractivity contribution in [3.63, 3.8) is 0 Å². The maximum Gasteiger partial charge on any atom is 0.232 e. The average molecular weight is 395 g/mol. The Kier molecular flexibility index (Phi) is 4.15. The fraction of sp³-hybridized carbons (Fsp3) is 0.250. The Morgan fingerprint density at radius 3 is 2.63 bits per heavy atom. The highest BCUT2D eigenvalue weighted by atomic mass is 32.1. The van der Waals surface area contributed by atoms with Crippen molar-refractivity contribution in [3.8, 4) is 21.1 Å². The Balaban J connectivity index is 1.50. The van der Waals surface area contributed by atoms with Crippen LogP contribution in [0.15, 0.2) is 52.4 Å². The molecule has 27 heavy (non-hydrogen) atoms. The molecule has 7 heteroatoms. The second kappa shape index (κ2) is 6.67. The van der Waals surface area contributed by atoms with E-state index >= 15 is 0 Å². The largest absolute Gasteiger partial charge is 0.339 e. The van der Waals surface area contributed by atoms with Gasteiger partial charge in [0.1, 0.15) is 5.01 Å². The van der Waals surface area contributed by atoms with Gasteiger partial charge in [-0.25, -0.2) is 4.98 Å². The zero-order valence-corrected chi connectivity index (χ0v) is 16.2. The molecule has 0 unspecified atom stereocenters. The molecule has 1 fully saturated rings. The summed E-state index contributed by atoms with van der Waals surface area (Å²) in [5.74, 6) is 1.23. The van der Waals surface area contributed by atoms with Gasteiger partial charge in [0.15, 0.2) is 5.82 Å². The minimum atomic E-state index is -0.402. The molecular weight excluding hydrogens is 376 g/mol. The lowest BCUT2D eigenvalue weighted by atomic mass is 9.77. The van der Waals surface area contributed by atoms with E-state index in [1.54, 1.807) is 22.7 Å². The van der Waals surface area contributed by atoms with Crippen LogP contribution in [0.1, 0.15) is 35.9 Å². The van der Waals surface area contributed by atoms with Gasteiger partial charge in [-0.15, -0.1) is 22.7 Å². The maximum absolute atomic E-state index is 6.32. The van der Waals surface area contributed by atoms with Crippen molar-refractivity contribution in [1.29, 1.82) is 0 Å². The molecule has 0 saturated heterocycles. The predicted molar refractivity (Wildman–Crippen MR) is 108 cm³/mol. The Hall–Kier alpha value is -2.35. The normalized spacial score (nSPS) is 15.6. The summed E-state index contributed by atoms with van der Waals surface area (Å²) >= 11 is 3.37. The zero-order chi connectivity index (χ0) is 18.3. The number of hydrogen-bond donors (Lipinski definition) is 1. The van der Waals surface area contributed by atoms with Crippen LogP contribution < -0.4 is 5.73 Å². The standard InChI is InChI=1S/C20H18N4OS2/c21-20(9-5-10-20)19-22-16(25-24-19)12-15-17(14-8-4-11-26-14)23-18(27-15)13-6-2-1-3-7-13/h1-4,6-8,11H,5,9-10,12,21H2. The number of benzene rings is 1. The minimum Gasteiger partial charge on any atom is -0.339 e. The molecule has 1 aromatic carbocycles. The fourth-order valence-electron chi connectivity index (χ4n) is 3.23. The Morgan fingerprint density at radius 1 is 1.07 bits per heavy atom. The summed E-state index contributed by atoms with van der Waals surface area (Å²) in [5.41, 5.74) is 8.04. The minimum absolute atomic E-state index is 0.402. The molecule has 5 nitrogen and oxygen atoms in total. The smallest absolute Gasteiger partial charge is 0.232 e. The third-order valence-electron chi connectivity index (χ3n) is 4.94. The molecule has 136 valence electrons. The quantitative estimate of drug-likeness (QED) is 0.523. The molecule has 4 aromatic rings. The molecule has 0 spiro atoms. The van der Waals surface area contributed by atoms with Crippen molar-refractivity contribution in [2.75, 3.05) is 0 Å². The van der Waals surface area contributed by atoms with Gasteiger partial charge in [0, 0.05) is 10.4 Å². The predicted octanol–water partition coefficient (Wildman–Crippen LogP) is 4.85. The Morgan fingerprint density at radius 2 is 1.93 bits per heavy atom. The van der Waals surface area contributed by atoms with Crippen molar-refractivity contribution in [2.45, 2.75) is 31.2 Å². The number of nitrogens with zero attached hydrogens (tertiary/aromatic N) is 3. The van der Waals surface area contributed by atoms with Gasteiger partial charge in [0.05, 0.1) is 22.5 Å². The second-order valence-electron chi connectivity index (χ2n) is 6.83. The second-order valence-corrected chi connectivity index (χ2v) is 8.86. The van der Waals surface area contributed by atoms with Gasteiger partial charge >= 0.3 is 0 Å². The summed E-state index contributed by atoms with van der Waals surface area (Å²) in [6, 6.07) is 14.4. The van der Waals surface area contributed by atoms with Crippen LogP contribution in [-0.2, 0) is 12.0 Å². The van der Waals surface area contributed by atoms with E-state index in [1.807, 2.05) is 24.3 Å². The van der Waals surface area contributed by atoms with Gasteiger partial charge in [-0.1, -0.05) is 41.6 Å². The van der Waals surface area contributed by atoms with Crippen LogP contribution in [0.5, 0.6) is 0 Å². The number of hydrogen-bond acceptors (Lipinski definition) is 7. The van der Waals surface area contributed by atoms with Crippen LogP contribution in [0.3, 0.4) is 0 Å². The number of nitrogens with two attached hydrogens (primary N) is 1. The SMILES string of the molecule is NC1(c2noc(Cc3sc(-c4ccccc4)nc3-c3cccs3)n2)CCC1. The van der Waals surface area contributed by atoms with Crippen LogP contribution in [0, 0.1) is 0 Å². The molecule has 1 aliphatic rings. The first-order valence-electron chi connectivity index (χ1n) is 8.92. The monoisotopic (exact) mass is 394 g/mol. The molecule has 0 bridgehead atoms. The summed E-state index contributed by atoms with van der Waals surface area (Å²) in [6.07, 6.45) is 3.54. The van der Waals surface area contributed by atoms with Crippen molar-refractivity contribution in [2.24, 2.45) is 5.73 Å². The van der Waals surface area contributed by atoms with E-state index in [9.17, 15) is 0 Å². The highest BCUT2D eigenvalue weighted by molar-refractivity contribution is 7.17. The van der Waals surface area contributed by atoms with E-state index in [-0.39, 0.29) is 0 Å². The lowest BCUT2D eigenvalue weighted by Gasteiger charge is -2.34. The van der Waals surface area contributed by atoms with Gasteiger partial charge in [-0.3, -0.25) is 0 Å². The van der Waals surface area contributed by atoms with Crippen molar-refractivity contribution in [3.05, 3.63) is 64.4 Å². The van der Waals surface area contributed by atoms with Gasteiger partial charge < -0.3 is 10.3 Å². The molecule has 1 saturated carbocycles. The zero-order valence-electron chi connectivity index (χ0n) is 14.6. The summed E-state index contributed by atoms with van der Waals surface area (Å²) in [4.78, 5) is 11.8. The highest BCUT2D eigenvalue weighted by Gasteiger charge is 2.39. The number of rotatable bonds is 5. The molecule has 2 N–H and O–H groups in total. The third-order valence-corrected chi connectivity index (χ3v) is 6.92. The number of thiazole rings is 1. The molecule has 0 radical (unpaired) electrons. The molecule has 0 amide bonds. The van der Waals surface area contributed by atoms with Gasteiger partial charge in [-0.05, 0) is 30.7 Å². The molecule has 3 heterocycles. The van der Waals surface area contributed by atoms with Crippen LogP contribution >= 0.6 is 22.7 Å². The van der Waals surface area contributed by atoms with Crippen LogP contribution in [0.4, 0.5) is 0 Å². The van der Waals surface area contributed by atoms with Crippen LogP contribution in [0.25, 0.3) is 21.1 Å². The van der Waals surface area contributed by atoms with Gasteiger partial charge in [0.2, 0.25) is 5.89 Å². The van der Waals surface area contributed by atoms with Crippen molar-refractivity contribution < 1.29 is 4.52 Å². The topological polar surface area (TPSA) is 77.8 Å². The molecule has 3 aromatic heterocycles. The van der Waals surface area contributed by atoms with E-state index < -0.39 is 5.54 Å². The maximum atomic E-state index is 6.32. The Bertz CT molecular complexity index is 1050. The molecule has 1 aliphatic carbocycles. The summed E-state index contributed by atoms with van der Waals surface area (Å²) in [6.45, 7) is 0. The van der Waals surface area contributed by atoms with E-state index in [4.69, 9.17) is 15.2 Å². The first kappa shape index (κ1) is 16.8. The fourth-order valence-corrected chi connectivity index (χ4v) is 5.11.